The van der Waals surface area contributed by atoms with Crippen LogP contribution in [0.3, 0.4) is 0 Å². The molecule has 1 aromatic rings. The van der Waals surface area contributed by atoms with E-state index in [9.17, 15) is 4.79 Å². The van der Waals surface area contributed by atoms with Gasteiger partial charge in [0.25, 0.3) is 0 Å². The first-order chi connectivity index (χ1) is 9.58. The van der Waals surface area contributed by atoms with E-state index in [1.165, 1.54) is 0 Å². The van der Waals surface area contributed by atoms with Crippen LogP contribution in [0, 0.1) is 0 Å². The third-order valence-corrected chi connectivity index (χ3v) is 3.81. The van der Waals surface area contributed by atoms with Crippen molar-refractivity contribution in [1.82, 2.24) is 14.7 Å². The zero-order valence-corrected chi connectivity index (χ0v) is 12.7. The van der Waals surface area contributed by atoms with Crippen LogP contribution in [0.2, 0.25) is 0 Å². The molecule has 1 aliphatic heterocycles. The molecule has 0 spiro atoms. The molecule has 0 N–H and O–H groups in total. The van der Waals surface area contributed by atoms with Gasteiger partial charge in [-0.05, 0) is 38.7 Å². The summed E-state index contributed by atoms with van der Waals surface area (Å²) in [7, 11) is 1.90. The minimum atomic E-state index is 0.246. The van der Waals surface area contributed by atoms with E-state index in [1.807, 2.05) is 19.4 Å². The van der Waals surface area contributed by atoms with Crippen molar-refractivity contribution in [3.8, 4) is 0 Å². The molecule has 1 aliphatic rings. The van der Waals surface area contributed by atoms with Crippen LogP contribution in [0.1, 0.15) is 38.7 Å². The van der Waals surface area contributed by atoms with E-state index < -0.39 is 0 Å². The Morgan fingerprint density at radius 2 is 2.20 bits per heavy atom. The van der Waals surface area contributed by atoms with E-state index in [0.717, 1.165) is 38.0 Å². The molecule has 1 fully saturated rings. The lowest BCUT2D eigenvalue weighted by Crippen LogP contribution is -2.47. The van der Waals surface area contributed by atoms with Gasteiger partial charge >= 0.3 is 0 Å². The maximum absolute atomic E-state index is 12.5. The predicted octanol–water partition coefficient (Wildman–Crippen LogP) is 1.77. The zero-order valence-electron chi connectivity index (χ0n) is 12.7. The molecule has 5 heteroatoms. The van der Waals surface area contributed by atoms with Crippen LogP contribution in [0.4, 0.5) is 0 Å². The van der Waals surface area contributed by atoms with Crippen molar-refractivity contribution >= 4 is 5.91 Å². The minimum Gasteiger partial charge on any atom is -0.381 e. The van der Waals surface area contributed by atoms with Crippen LogP contribution in [-0.2, 0) is 23.0 Å². The molecule has 0 atom stereocenters. The second-order valence-electron chi connectivity index (χ2n) is 5.76. The van der Waals surface area contributed by atoms with Gasteiger partial charge in [-0.3, -0.25) is 9.48 Å². The standard InChI is InChI=1S/C15H25N3O2/c1-12(2)18(14-6-8-20-9-7-14)15(19)5-4-13-10-16-17(3)11-13/h10-12,14H,4-9H2,1-3H3. The second kappa shape index (κ2) is 6.88. The Hall–Kier alpha value is -1.36. The predicted molar refractivity (Wildman–Crippen MR) is 77.4 cm³/mol. The van der Waals surface area contributed by atoms with Gasteiger partial charge in [0.1, 0.15) is 0 Å². The molecule has 0 aliphatic carbocycles. The van der Waals surface area contributed by atoms with Crippen LogP contribution in [-0.4, -0.2) is 45.9 Å². The van der Waals surface area contributed by atoms with Crippen molar-refractivity contribution in [1.29, 1.82) is 0 Å². The molecule has 1 amide bonds. The number of ether oxygens (including phenoxy) is 1. The number of amides is 1. The molecule has 112 valence electrons. The van der Waals surface area contributed by atoms with Crippen molar-refractivity contribution in [3.63, 3.8) is 0 Å². The topological polar surface area (TPSA) is 47.4 Å². The Bertz CT molecular complexity index is 436. The number of aryl methyl sites for hydroxylation is 2. The summed E-state index contributed by atoms with van der Waals surface area (Å²) < 4.78 is 7.17. The molecule has 0 aromatic carbocycles. The van der Waals surface area contributed by atoms with Crippen LogP contribution in [0.15, 0.2) is 12.4 Å². The number of rotatable bonds is 5. The van der Waals surface area contributed by atoms with Gasteiger partial charge in [-0.1, -0.05) is 0 Å². The molecule has 0 saturated carbocycles. The lowest BCUT2D eigenvalue weighted by molar-refractivity contribution is -0.137. The van der Waals surface area contributed by atoms with Gasteiger partial charge in [-0.25, -0.2) is 0 Å². The monoisotopic (exact) mass is 279 g/mol. The highest BCUT2D eigenvalue weighted by molar-refractivity contribution is 5.77. The molecule has 0 radical (unpaired) electrons. The molecule has 20 heavy (non-hydrogen) atoms. The van der Waals surface area contributed by atoms with E-state index in [1.54, 1.807) is 4.68 Å². The van der Waals surface area contributed by atoms with Gasteiger partial charge in [-0.15, -0.1) is 0 Å². The highest BCUT2D eigenvalue weighted by Crippen LogP contribution is 2.19. The summed E-state index contributed by atoms with van der Waals surface area (Å²) in [4.78, 5) is 14.6. The molecule has 0 unspecified atom stereocenters. The number of carbonyl (C=O) groups is 1. The van der Waals surface area contributed by atoms with Crippen molar-refractivity contribution in [3.05, 3.63) is 18.0 Å². The quantitative estimate of drug-likeness (QED) is 0.825. The first-order valence-corrected chi connectivity index (χ1v) is 7.44. The number of hydrogen-bond acceptors (Lipinski definition) is 3. The number of carbonyl (C=O) groups excluding carboxylic acids is 1. The van der Waals surface area contributed by atoms with Gasteiger partial charge in [0, 0.05) is 45.0 Å². The number of nitrogens with zero attached hydrogens (tertiary/aromatic N) is 3. The normalized spacial score (nSPS) is 16.6. The average molecular weight is 279 g/mol. The first-order valence-electron chi connectivity index (χ1n) is 7.44. The van der Waals surface area contributed by atoms with Crippen LogP contribution >= 0.6 is 0 Å². The summed E-state index contributed by atoms with van der Waals surface area (Å²) in [6.07, 6.45) is 7.04. The van der Waals surface area contributed by atoms with E-state index in [0.29, 0.717) is 12.5 Å². The van der Waals surface area contributed by atoms with Gasteiger partial charge in [0.05, 0.1) is 6.20 Å². The largest absolute Gasteiger partial charge is 0.381 e. The third-order valence-electron chi connectivity index (χ3n) is 3.81. The lowest BCUT2D eigenvalue weighted by atomic mass is 10.0. The Labute approximate surface area is 120 Å². The van der Waals surface area contributed by atoms with Gasteiger partial charge in [0.2, 0.25) is 5.91 Å². The van der Waals surface area contributed by atoms with Crippen molar-refractivity contribution in [2.24, 2.45) is 7.05 Å². The molecule has 5 nitrogen and oxygen atoms in total. The maximum atomic E-state index is 12.5. The molecule has 2 rings (SSSR count). The fourth-order valence-electron chi connectivity index (χ4n) is 2.86. The van der Waals surface area contributed by atoms with Crippen LogP contribution < -0.4 is 0 Å². The SMILES string of the molecule is CC(C)N(C(=O)CCc1cnn(C)c1)C1CCOCC1. The average Bonchev–Trinajstić information content (AvgIpc) is 2.83. The Balaban J connectivity index is 1.92. The smallest absolute Gasteiger partial charge is 0.223 e. The highest BCUT2D eigenvalue weighted by atomic mass is 16.5. The maximum Gasteiger partial charge on any atom is 0.223 e. The van der Waals surface area contributed by atoms with E-state index in [2.05, 4.69) is 23.8 Å². The van der Waals surface area contributed by atoms with E-state index in [4.69, 9.17) is 4.74 Å². The molecule has 0 bridgehead atoms. The Morgan fingerprint density at radius 1 is 1.50 bits per heavy atom. The summed E-state index contributed by atoms with van der Waals surface area (Å²) in [6.45, 7) is 5.72. The summed E-state index contributed by atoms with van der Waals surface area (Å²) in [5.41, 5.74) is 1.12. The number of hydrogen-bond donors (Lipinski definition) is 0. The van der Waals surface area contributed by atoms with Gasteiger partial charge < -0.3 is 9.64 Å². The first kappa shape index (κ1) is 15.0. The van der Waals surface area contributed by atoms with Crippen LogP contribution in [0.25, 0.3) is 0 Å². The fourth-order valence-corrected chi connectivity index (χ4v) is 2.86. The van der Waals surface area contributed by atoms with Crippen molar-refractivity contribution < 1.29 is 9.53 Å². The van der Waals surface area contributed by atoms with Gasteiger partial charge in [0.15, 0.2) is 0 Å². The number of aromatic nitrogens is 2. The molecular weight excluding hydrogens is 254 g/mol. The van der Waals surface area contributed by atoms with E-state index >= 15 is 0 Å². The minimum absolute atomic E-state index is 0.246. The molecule has 1 aromatic heterocycles. The zero-order chi connectivity index (χ0) is 14.5. The fraction of sp³-hybridized carbons (Fsp3) is 0.733. The molecule has 2 heterocycles. The molecule has 1 saturated heterocycles. The van der Waals surface area contributed by atoms with Gasteiger partial charge in [-0.2, -0.15) is 5.10 Å². The Kier molecular flexibility index (Phi) is 5.17. The molecular formula is C15H25N3O2. The lowest BCUT2D eigenvalue weighted by Gasteiger charge is -2.37. The van der Waals surface area contributed by atoms with E-state index in [-0.39, 0.29) is 11.9 Å². The summed E-state index contributed by atoms with van der Waals surface area (Å²) >= 11 is 0. The Morgan fingerprint density at radius 3 is 2.75 bits per heavy atom. The summed E-state index contributed by atoms with van der Waals surface area (Å²) in [5, 5.41) is 4.14. The summed E-state index contributed by atoms with van der Waals surface area (Å²) in [5.74, 6) is 0.246. The van der Waals surface area contributed by atoms with Crippen molar-refractivity contribution in [2.45, 2.75) is 51.6 Å². The van der Waals surface area contributed by atoms with Crippen molar-refractivity contribution in [2.75, 3.05) is 13.2 Å². The summed E-state index contributed by atoms with van der Waals surface area (Å²) in [6, 6.07) is 0.588. The highest BCUT2D eigenvalue weighted by Gasteiger charge is 2.27. The second-order valence-corrected chi connectivity index (χ2v) is 5.76. The van der Waals surface area contributed by atoms with Crippen LogP contribution in [0.5, 0.6) is 0 Å². The third kappa shape index (κ3) is 3.82.